The molecule has 2 aliphatic rings. The van der Waals surface area contributed by atoms with Gasteiger partial charge in [0, 0.05) is 30.9 Å². The van der Waals surface area contributed by atoms with Crippen molar-refractivity contribution in [1.82, 2.24) is 15.1 Å². The Kier molecular flexibility index (Phi) is 4.11. The first-order valence-corrected chi connectivity index (χ1v) is 9.38. The van der Waals surface area contributed by atoms with Crippen molar-refractivity contribution in [3.63, 3.8) is 0 Å². The van der Waals surface area contributed by atoms with Gasteiger partial charge in [0.25, 0.3) is 5.91 Å². The largest absolute Gasteiger partial charge is 0.336 e. The molecule has 3 amide bonds. The van der Waals surface area contributed by atoms with Crippen LogP contribution in [0.25, 0.3) is 10.1 Å². The molecule has 1 atom stereocenters. The monoisotopic (exact) mass is 361 g/mol. The Morgan fingerprint density at radius 2 is 2.20 bits per heavy atom. The number of likely N-dealkylation sites (tertiary alicyclic amines) is 1. The molecular formula is C18H20FN3O2S. The number of fused-ring (bicyclic) bond motifs is 1. The first-order valence-electron chi connectivity index (χ1n) is 8.57. The van der Waals surface area contributed by atoms with Crippen LogP contribution in [0.15, 0.2) is 18.2 Å². The van der Waals surface area contributed by atoms with Crippen molar-refractivity contribution in [3.05, 3.63) is 34.5 Å². The molecule has 25 heavy (non-hydrogen) atoms. The van der Waals surface area contributed by atoms with Crippen molar-refractivity contribution in [1.29, 1.82) is 0 Å². The SMILES string of the molecule is Cc1c(C(=O)N2CCCC(N3CCNC3=O)C2)sc2ccc(F)cc12. The van der Waals surface area contributed by atoms with Crippen LogP contribution >= 0.6 is 11.3 Å². The summed E-state index contributed by atoms with van der Waals surface area (Å²) in [4.78, 5) is 29.3. The van der Waals surface area contributed by atoms with E-state index in [9.17, 15) is 14.0 Å². The summed E-state index contributed by atoms with van der Waals surface area (Å²) in [6.45, 7) is 4.51. The van der Waals surface area contributed by atoms with Gasteiger partial charge >= 0.3 is 6.03 Å². The van der Waals surface area contributed by atoms with Crippen molar-refractivity contribution in [2.24, 2.45) is 0 Å². The minimum Gasteiger partial charge on any atom is -0.336 e. The number of amides is 3. The Balaban J connectivity index is 1.58. The van der Waals surface area contributed by atoms with Gasteiger partial charge in [-0.25, -0.2) is 9.18 Å². The van der Waals surface area contributed by atoms with E-state index >= 15 is 0 Å². The lowest BCUT2D eigenvalue weighted by atomic mass is 10.0. The highest BCUT2D eigenvalue weighted by Crippen LogP contribution is 2.33. The van der Waals surface area contributed by atoms with Crippen LogP contribution in [0, 0.1) is 12.7 Å². The first kappa shape index (κ1) is 16.3. The third-order valence-corrected chi connectivity index (χ3v) is 6.37. The smallest absolute Gasteiger partial charge is 0.317 e. The van der Waals surface area contributed by atoms with Gasteiger partial charge in [-0.1, -0.05) is 0 Å². The Morgan fingerprint density at radius 1 is 1.36 bits per heavy atom. The summed E-state index contributed by atoms with van der Waals surface area (Å²) >= 11 is 1.42. The van der Waals surface area contributed by atoms with Gasteiger partial charge in [0.15, 0.2) is 0 Å². The van der Waals surface area contributed by atoms with Crippen LogP contribution in [0.3, 0.4) is 0 Å². The number of benzene rings is 1. The highest BCUT2D eigenvalue weighted by Gasteiger charge is 2.33. The number of hydrogen-bond acceptors (Lipinski definition) is 3. The zero-order valence-corrected chi connectivity index (χ0v) is 14.9. The van der Waals surface area contributed by atoms with Gasteiger partial charge in [-0.05, 0) is 48.9 Å². The molecule has 0 saturated carbocycles. The maximum Gasteiger partial charge on any atom is 0.317 e. The third-order valence-electron chi connectivity index (χ3n) is 5.11. The predicted molar refractivity (Wildman–Crippen MR) is 95.6 cm³/mol. The van der Waals surface area contributed by atoms with Gasteiger partial charge in [-0.3, -0.25) is 4.79 Å². The number of halogens is 1. The van der Waals surface area contributed by atoms with Crippen LogP contribution in [-0.2, 0) is 0 Å². The Hall–Kier alpha value is -2.15. The molecule has 1 unspecified atom stereocenters. The summed E-state index contributed by atoms with van der Waals surface area (Å²) in [5, 5.41) is 3.63. The molecule has 3 heterocycles. The Bertz CT molecular complexity index is 850. The van der Waals surface area contributed by atoms with E-state index in [1.54, 1.807) is 6.07 Å². The molecule has 2 aliphatic heterocycles. The summed E-state index contributed by atoms with van der Waals surface area (Å²) in [5.41, 5.74) is 0.838. The lowest BCUT2D eigenvalue weighted by Crippen LogP contribution is -2.50. The van der Waals surface area contributed by atoms with Gasteiger partial charge in [-0.2, -0.15) is 0 Å². The zero-order valence-electron chi connectivity index (χ0n) is 14.0. The van der Waals surface area contributed by atoms with Crippen LogP contribution < -0.4 is 5.32 Å². The predicted octanol–water partition coefficient (Wildman–Crippen LogP) is 2.98. The number of aryl methyl sites for hydroxylation is 1. The Labute approximate surface area is 149 Å². The number of nitrogens with zero attached hydrogens (tertiary/aromatic N) is 2. The Morgan fingerprint density at radius 3 is 2.96 bits per heavy atom. The minimum absolute atomic E-state index is 0.0107. The number of piperidine rings is 1. The molecule has 7 heteroatoms. The average molecular weight is 361 g/mol. The number of nitrogens with one attached hydrogen (secondary N) is 1. The number of thiophene rings is 1. The highest BCUT2D eigenvalue weighted by atomic mass is 32.1. The van der Waals surface area contributed by atoms with Crippen molar-refractivity contribution in [3.8, 4) is 0 Å². The lowest BCUT2D eigenvalue weighted by Gasteiger charge is -2.37. The second-order valence-electron chi connectivity index (χ2n) is 6.67. The average Bonchev–Trinajstić information content (AvgIpc) is 3.18. The van der Waals surface area contributed by atoms with E-state index in [4.69, 9.17) is 0 Å². The highest BCUT2D eigenvalue weighted by molar-refractivity contribution is 7.21. The molecule has 2 saturated heterocycles. The van der Waals surface area contributed by atoms with Gasteiger partial charge < -0.3 is 15.1 Å². The number of rotatable bonds is 2. The lowest BCUT2D eigenvalue weighted by molar-refractivity contribution is 0.0638. The van der Waals surface area contributed by atoms with E-state index in [0.29, 0.717) is 31.1 Å². The molecule has 132 valence electrons. The van der Waals surface area contributed by atoms with Crippen molar-refractivity contribution in [2.45, 2.75) is 25.8 Å². The molecule has 1 N–H and O–H groups in total. The second-order valence-corrected chi connectivity index (χ2v) is 7.72. The molecule has 4 rings (SSSR count). The van der Waals surface area contributed by atoms with Crippen molar-refractivity contribution < 1.29 is 14.0 Å². The summed E-state index contributed by atoms with van der Waals surface area (Å²) in [6.07, 6.45) is 1.81. The fraction of sp³-hybridized carbons (Fsp3) is 0.444. The van der Waals surface area contributed by atoms with Gasteiger partial charge in [0.05, 0.1) is 10.9 Å². The van der Waals surface area contributed by atoms with Crippen molar-refractivity contribution in [2.75, 3.05) is 26.2 Å². The summed E-state index contributed by atoms with van der Waals surface area (Å²) < 4.78 is 14.4. The molecule has 0 spiro atoms. The normalized spacial score (nSPS) is 21.0. The zero-order chi connectivity index (χ0) is 17.6. The van der Waals surface area contributed by atoms with E-state index in [-0.39, 0.29) is 23.8 Å². The second kappa shape index (κ2) is 6.29. The fourth-order valence-corrected chi connectivity index (χ4v) is 4.93. The summed E-state index contributed by atoms with van der Waals surface area (Å²) in [5.74, 6) is -0.297. The molecular weight excluding hydrogens is 341 g/mol. The van der Waals surface area contributed by atoms with E-state index in [1.807, 2.05) is 16.7 Å². The molecule has 2 aromatic rings. The van der Waals surface area contributed by atoms with Gasteiger partial charge in [-0.15, -0.1) is 11.3 Å². The fourth-order valence-electron chi connectivity index (χ4n) is 3.77. The number of hydrogen-bond donors (Lipinski definition) is 1. The topological polar surface area (TPSA) is 52.7 Å². The number of carbonyl (C=O) groups is 2. The first-order chi connectivity index (χ1) is 12.0. The van der Waals surface area contributed by atoms with E-state index < -0.39 is 0 Å². The molecule has 2 fully saturated rings. The van der Waals surface area contributed by atoms with E-state index in [1.165, 1.54) is 23.5 Å². The molecule has 0 radical (unpaired) electrons. The third kappa shape index (κ3) is 2.86. The maximum atomic E-state index is 13.5. The van der Waals surface area contributed by atoms with Crippen LogP contribution in [0.2, 0.25) is 0 Å². The quantitative estimate of drug-likeness (QED) is 0.894. The molecule has 1 aromatic carbocycles. The van der Waals surface area contributed by atoms with Crippen LogP contribution in [0.4, 0.5) is 9.18 Å². The molecule has 0 aliphatic carbocycles. The molecule has 1 aromatic heterocycles. The van der Waals surface area contributed by atoms with Crippen LogP contribution in [0.5, 0.6) is 0 Å². The summed E-state index contributed by atoms with van der Waals surface area (Å²) in [6, 6.07) is 4.69. The standard InChI is InChI=1S/C18H20FN3O2S/c1-11-14-9-12(19)4-5-15(14)25-16(11)17(23)21-7-2-3-13(10-21)22-8-6-20-18(22)24/h4-5,9,13H,2-3,6-8,10H2,1H3,(H,20,24). The minimum atomic E-state index is -0.287. The van der Waals surface area contributed by atoms with Crippen molar-refractivity contribution >= 4 is 33.4 Å². The molecule has 0 bridgehead atoms. The molecule has 5 nitrogen and oxygen atoms in total. The maximum absolute atomic E-state index is 13.5. The van der Waals surface area contributed by atoms with Crippen LogP contribution in [-0.4, -0.2) is 54.0 Å². The van der Waals surface area contributed by atoms with Gasteiger partial charge in [0.2, 0.25) is 0 Å². The van der Waals surface area contributed by atoms with E-state index in [2.05, 4.69) is 5.32 Å². The van der Waals surface area contributed by atoms with Gasteiger partial charge in [0.1, 0.15) is 5.82 Å². The van der Waals surface area contributed by atoms with E-state index in [0.717, 1.165) is 28.5 Å². The van der Waals surface area contributed by atoms with Crippen LogP contribution in [0.1, 0.15) is 28.1 Å². The number of carbonyl (C=O) groups excluding carboxylic acids is 2. The number of urea groups is 1. The summed E-state index contributed by atoms with van der Waals surface area (Å²) in [7, 11) is 0.